The van der Waals surface area contributed by atoms with Crippen molar-refractivity contribution < 1.29 is 30.3 Å². The lowest BCUT2D eigenvalue weighted by atomic mass is 9.80. The van der Waals surface area contributed by atoms with Gasteiger partial charge in [0.05, 0.1) is 0 Å². The Morgan fingerprint density at radius 1 is 0.643 bits per heavy atom. The third-order valence-corrected chi connectivity index (χ3v) is 15.6. The molecular weight excluding hydrogens is 580 g/mol. The maximum absolute atomic E-state index is 16.0. The molecular formula is C33H42F3O4PS. The molecule has 0 atom stereocenters. The Labute approximate surface area is 248 Å². The minimum atomic E-state index is -5.89. The first kappa shape index (κ1) is 30.2. The Morgan fingerprint density at radius 2 is 1.12 bits per heavy atom. The van der Waals surface area contributed by atoms with Crippen LogP contribution in [-0.4, -0.2) is 25.2 Å². The predicted octanol–water partition coefficient (Wildman–Crippen LogP) is 8.99. The average Bonchev–Trinajstić information content (AvgIpc) is 3.00. The van der Waals surface area contributed by atoms with Gasteiger partial charge in [0.1, 0.15) is 7.14 Å². The first-order chi connectivity index (χ1) is 20.1. The highest BCUT2D eigenvalue weighted by Crippen LogP contribution is 2.64. The number of rotatable bonds is 6. The van der Waals surface area contributed by atoms with E-state index in [0.29, 0.717) is 12.0 Å². The minimum absolute atomic E-state index is 0.0533. The van der Waals surface area contributed by atoms with E-state index in [1.165, 1.54) is 6.07 Å². The first-order valence-corrected chi connectivity index (χ1v) is 19.3. The molecule has 0 amide bonds. The van der Waals surface area contributed by atoms with E-state index in [4.69, 9.17) is 4.18 Å². The largest absolute Gasteiger partial charge is 0.534 e. The lowest BCUT2D eigenvalue weighted by Gasteiger charge is -2.40. The summed E-state index contributed by atoms with van der Waals surface area (Å²) in [4.78, 5) is 0. The molecule has 2 aromatic carbocycles. The van der Waals surface area contributed by atoms with Crippen LogP contribution in [0.3, 0.4) is 0 Å². The van der Waals surface area contributed by atoms with E-state index >= 15 is 4.57 Å². The van der Waals surface area contributed by atoms with Gasteiger partial charge in [-0.3, -0.25) is 0 Å². The number of hydrogen-bond acceptors (Lipinski definition) is 4. The van der Waals surface area contributed by atoms with Crippen molar-refractivity contribution >= 4 is 22.6 Å². The van der Waals surface area contributed by atoms with Gasteiger partial charge in [0.15, 0.2) is 5.75 Å². The van der Waals surface area contributed by atoms with E-state index in [2.05, 4.69) is 6.07 Å². The highest BCUT2D eigenvalue weighted by Gasteiger charge is 2.50. The van der Waals surface area contributed by atoms with Crippen molar-refractivity contribution in [3.63, 3.8) is 0 Å². The maximum atomic E-state index is 16.0. The normalized spacial score (nSPS) is 21.0. The summed E-state index contributed by atoms with van der Waals surface area (Å²) in [5.41, 5.74) is -0.157. The van der Waals surface area contributed by atoms with Gasteiger partial charge in [-0.2, -0.15) is 21.6 Å². The summed E-state index contributed by atoms with van der Waals surface area (Å²) in [5.74, 6) is -0.271. The molecule has 4 aliphatic carbocycles. The van der Waals surface area contributed by atoms with Crippen LogP contribution in [0.25, 0.3) is 11.1 Å². The molecule has 6 rings (SSSR count). The summed E-state index contributed by atoms with van der Waals surface area (Å²) in [6.45, 7) is 0. The van der Waals surface area contributed by atoms with Gasteiger partial charge in [0.25, 0.3) is 0 Å². The van der Waals surface area contributed by atoms with E-state index in [1.807, 2.05) is 6.07 Å². The summed E-state index contributed by atoms with van der Waals surface area (Å²) in [6.07, 6.45) is 16.9. The number of alkyl halides is 3. The molecule has 0 aromatic heterocycles. The molecule has 42 heavy (non-hydrogen) atoms. The number of fused-ring (bicyclic) bond motifs is 2. The fraction of sp³-hybridized carbons (Fsp3) is 0.636. The van der Waals surface area contributed by atoms with Crippen LogP contribution in [0.1, 0.15) is 112 Å². The second-order valence-electron chi connectivity index (χ2n) is 12.9. The van der Waals surface area contributed by atoms with Gasteiger partial charge < -0.3 is 8.75 Å². The van der Waals surface area contributed by atoms with E-state index in [9.17, 15) is 21.6 Å². The highest BCUT2D eigenvalue weighted by molar-refractivity contribution is 7.88. The van der Waals surface area contributed by atoms with Gasteiger partial charge in [0.2, 0.25) is 0 Å². The third kappa shape index (κ3) is 5.49. The molecule has 2 saturated carbocycles. The van der Waals surface area contributed by atoms with Crippen molar-refractivity contribution in [2.75, 3.05) is 0 Å². The zero-order valence-corrected chi connectivity index (χ0v) is 26.0. The molecule has 0 saturated heterocycles. The van der Waals surface area contributed by atoms with E-state index in [0.717, 1.165) is 142 Å². The number of hydrogen-bond donors (Lipinski definition) is 0. The van der Waals surface area contributed by atoms with Gasteiger partial charge in [-0.1, -0.05) is 56.7 Å². The smallest absolute Gasteiger partial charge is 0.375 e. The molecule has 9 heteroatoms. The van der Waals surface area contributed by atoms with Gasteiger partial charge in [0, 0.05) is 22.2 Å². The SMILES string of the molecule is O=P(c1ccc2c(c1-c1c(OS(=O)(=O)C(F)(F)F)ccc3c1CCCC3)CCCC2)(C1CCCCC1)C1CCCCC1. The molecule has 4 nitrogen and oxygen atoms in total. The second kappa shape index (κ2) is 12.0. The molecule has 230 valence electrons. The Morgan fingerprint density at radius 3 is 1.64 bits per heavy atom. The van der Waals surface area contributed by atoms with Crippen LogP contribution in [0, 0.1) is 0 Å². The van der Waals surface area contributed by atoms with Gasteiger partial charge in [-0.15, -0.1) is 0 Å². The molecule has 2 fully saturated rings. The molecule has 2 aromatic rings. The molecule has 0 N–H and O–H groups in total. The third-order valence-electron chi connectivity index (χ3n) is 10.3. The summed E-state index contributed by atoms with van der Waals surface area (Å²) < 4.78 is 86.9. The van der Waals surface area contributed by atoms with Crippen LogP contribution in [-0.2, 0) is 40.4 Å². The molecule has 0 radical (unpaired) electrons. The maximum Gasteiger partial charge on any atom is 0.534 e. The van der Waals surface area contributed by atoms with Crippen molar-refractivity contribution in [2.45, 2.75) is 132 Å². The van der Waals surface area contributed by atoms with Crippen molar-refractivity contribution in [3.05, 3.63) is 46.5 Å². The molecule has 0 bridgehead atoms. The molecule has 0 unspecified atom stereocenters. The monoisotopic (exact) mass is 622 g/mol. The van der Waals surface area contributed by atoms with Crippen molar-refractivity contribution in [1.82, 2.24) is 0 Å². The summed E-state index contributed by atoms with van der Waals surface area (Å²) in [7, 11) is -8.93. The van der Waals surface area contributed by atoms with Crippen molar-refractivity contribution in [3.8, 4) is 16.9 Å². The fourth-order valence-corrected chi connectivity index (χ4v) is 13.3. The van der Waals surface area contributed by atoms with Gasteiger partial charge >= 0.3 is 15.6 Å². The Hall–Kier alpha value is -1.79. The van der Waals surface area contributed by atoms with E-state index < -0.39 is 22.8 Å². The predicted molar refractivity (Wildman–Crippen MR) is 162 cm³/mol. The zero-order chi connectivity index (χ0) is 29.5. The van der Waals surface area contributed by atoms with Crippen molar-refractivity contribution in [2.24, 2.45) is 0 Å². The van der Waals surface area contributed by atoms with Crippen LogP contribution in [0.4, 0.5) is 13.2 Å². The topological polar surface area (TPSA) is 60.4 Å². The standard InChI is InChI=1S/C33H42F3O4PS/c34-33(35,36)42(38,39)40-29-21-19-23-11-7-9-17-27(23)31(29)32-28-18-10-8-12-24(28)20-22-30(32)41(37,25-13-3-1-4-14-25)26-15-5-2-6-16-26/h19-22,25-26H,1-18H2. The van der Waals surface area contributed by atoms with Crippen LogP contribution in [0.5, 0.6) is 5.75 Å². The first-order valence-electron chi connectivity index (χ1n) is 16.0. The number of halogens is 3. The molecule has 0 aliphatic heterocycles. The van der Waals surface area contributed by atoms with Crippen LogP contribution in [0.15, 0.2) is 24.3 Å². The Kier molecular flexibility index (Phi) is 8.61. The Bertz CT molecular complexity index is 1450. The van der Waals surface area contributed by atoms with E-state index in [-0.39, 0.29) is 17.1 Å². The van der Waals surface area contributed by atoms with Crippen LogP contribution < -0.4 is 9.49 Å². The lowest BCUT2D eigenvalue weighted by molar-refractivity contribution is -0.0499. The highest BCUT2D eigenvalue weighted by atomic mass is 32.2. The van der Waals surface area contributed by atoms with Gasteiger partial charge in [-0.05, 0) is 111 Å². The summed E-state index contributed by atoms with van der Waals surface area (Å²) in [6, 6.07) is 7.30. The number of aryl methyl sites for hydroxylation is 2. The molecule has 0 spiro atoms. The van der Waals surface area contributed by atoms with E-state index in [1.54, 1.807) is 6.07 Å². The average molecular weight is 623 g/mol. The second-order valence-corrected chi connectivity index (χ2v) is 17.8. The summed E-state index contributed by atoms with van der Waals surface area (Å²) in [5, 5.41) is 0.787. The Balaban J connectivity index is 1.65. The van der Waals surface area contributed by atoms with Gasteiger partial charge in [-0.25, -0.2) is 0 Å². The quantitative estimate of drug-likeness (QED) is 0.183. The molecule has 4 aliphatic rings. The van der Waals surface area contributed by atoms with Crippen molar-refractivity contribution in [1.29, 1.82) is 0 Å². The van der Waals surface area contributed by atoms with Crippen LogP contribution in [0.2, 0.25) is 0 Å². The number of benzene rings is 2. The molecule has 0 heterocycles. The minimum Gasteiger partial charge on any atom is -0.375 e. The fourth-order valence-electron chi connectivity index (χ4n) is 8.32. The van der Waals surface area contributed by atoms with Crippen LogP contribution >= 0.6 is 7.14 Å². The lowest BCUT2D eigenvalue weighted by Crippen LogP contribution is -2.32. The zero-order valence-electron chi connectivity index (χ0n) is 24.3. The summed E-state index contributed by atoms with van der Waals surface area (Å²) >= 11 is 0.